The number of piperidine rings is 1. The van der Waals surface area contributed by atoms with Gasteiger partial charge in [0.25, 0.3) is 0 Å². The molecule has 0 bridgehead atoms. The van der Waals surface area contributed by atoms with Crippen LogP contribution in [0.2, 0.25) is 0 Å². The summed E-state index contributed by atoms with van der Waals surface area (Å²) in [6.45, 7) is 9.26. The Morgan fingerprint density at radius 3 is 2.81 bits per heavy atom. The molecule has 1 saturated heterocycles. The molecule has 0 saturated carbocycles. The molecule has 1 aromatic heterocycles. The normalized spacial score (nSPS) is 20.7. The SMILES string of the molecule is CCOC(C)c1noc(CNC(=NC)NC2CCN(Cc3ccccc3)C(C)C2)n1.I. The Labute approximate surface area is 202 Å². The number of ether oxygens (including phenoxy) is 1. The van der Waals surface area contributed by atoms with Gasteiger partial charge in [-0.25, -0.2) is 0 Å². The highest BCUT2D eigenvalue weighted by Gasteiger charge is 2.26. The second-order valence-corrected chi connectivity index (χ2v) is 7.74. The van der Waals surface area contributed by atoms with Gasteiger partial charge in [0, 0.05) is 38.8 Å². The summed E-state index contributed by atoms with van der Waals surface area (Å²) < 4.78 is 10.8. The fourth-order valence-corrected chi connectivity index (χ4v) is 3.78. The average Bonchev–Trinajstić information content (AvgIpc) is 3.23. The topological polar surface area (TPSA) is 87.8 Å². The quantitative estimate of drug-likeness (QED) is 0.300. The van der Waals surface area contributed by atoms with Crippen LogP contribution in [0, 0.1) is 0 Å². The zero-order valence-electron chi connectivity index (χ0n) is 18.9. The molecule has 8 nitrogen and oxygen atoms in total. The third-order valence-corrected chi connectivity index (χ3v) is 5.48. The number of nitrogens with zero attached hydrogens (tertiary/aromatic N) is 4. The molecule has 31 heavy (non-hydrogen) atoms. The van der Waals surface area contributed by atoms with Crippen molar-refractivity contribution >= 4 is 29.9 Å². The summed E-state index contributed by atoms with van der Waals surface area (Å²) in [5.74, 6) is 1.84. The lowest BCUT2D eigenvalue weighted by Crippen LogP contribution is -2.51. The summed E-state index contributed by atoms with van der Waals surface area (Å²) in [5.41, 5.74) is 1.37. The highest BCUT2D eigenvalue weighted by molar-refractivity contribution is 14.0. The number of likely N-dealkylation sites (tertiary alicyclic amines) is 1. The second-order valence-electron chi connectivity index (χ2n) is 7.74. The number of benzene rings is 1. The van der Waals surface area contributed by atoms with Crippen LogP contribution in [0.4, 0.5) is 0 Å². The molecule has 3 rings (SSSR count). The van der Waals surface area contributed by atoms with Crippen LogP contribution < -0.4 is 10.6 Å². The number of halogens is 1. The average molecular weight is 542 g/mol. The largest absolute Gasteiger partial charge is 0.371 e. The fraction of sp³-hybridized carbons (Fsp3) is 0.591. The minimum absolute atomic E-state index is 0. The second kappa shape index (κ2) is 13.0. The number of guanidine groups is 1. The van der Waals surface area contributed by atoms with Gasteiger partial charge in [0.1, 0.15) is 6.10 Å². The van der Waals surface area contributed by atoms with Crippen molar-refractivity contribution in [3.8, 4) is 0 Å². The molecule has 172 valence electrons. The number of hydrogen-bond donors (Lipinski definition) is 2. The van der Waals surface area contributed by atoms with E-state index in [1.807, 2.05) is 13.8 Å². The summed E-state index contributed by atoms with van der Waals surface area (Å²) >= 11 is 0. The number of nitrogens with one attached hydrogen (secondary N) is 2. The molecule has 1 aliphatic rings. The van der Waals surface area contributed by atoms with E-state index in [1.165, 1.54) is 5.56 Å². The summed E-state index contributed by atoms with van der Waals surface area (Å²) in [7, 11) is 1.78. The Kier molecular flexibility index (Phi) is 10.7. The van der Waals surface area contributed by atoms with Crippen molar-refractivity contribution in [3.63, 3.8) is 0 Å². The highest BCUT2D eigenvalue weighted by Crippen LogP contribution is 2.20. The fourth-order valence-electron chi connectivity index (χ4n) is 3.78. The van der Waals surface area contributed by atoms with Crippen molar-refractivity contribution in [3.05, 3.63) is 47.6 Å². The molecule has 2 aromatic rings. The molecule has 1 aromatic carbocycles. The maximum atomic E-state index is 5.50. The smallest absolute Gasteiger partial charge is 0.246 e. The van der Waals surface area contributed by atoms with Crippen LogP contribution in [0.25, 0.3) is 0 Å². The van der Waals surface area contributed by atoms with Crippen molar-refractivity contribution in [1.82, 2.24) is 25.7 Å². The van der Waals surface area contributed by atoms with Crippen LogP contribution >= 0.6 is 24.0 Å². The van der Waals surface area contributed by atoms with Crippen molar-refractivity contribution < 1.29 is 9.26 Å². The van der Waals surface area contributed by atoms with Gasteiger partial charge in [0.05, 0.1) is 6.54 Å². The van der Waals surface area contributed by atoms with Crippen LogP contribution in [-0.4, -0.2) is 53.3 Å². The molecule has 1 aliphatic heterocycles. The Morgan fingerprint density at radius 2 is 2.13 bits per heavy atom. The zero-order chi connectivity index (χ0) is 21.3. The minimum atomic E-state index is -0.174. The standard InChI is InChI=1S/C22H34N6O2.HI/c1-5-29-17(3)21-26-20(30-27-21)14-24-22(23-4)25-19-11-12-28(16(2)13-19)15-18-9-7-6-8-10-18;/h6-10,16-17,19H,5,11-15H2,1-4H3,(H2,23,24,25);1H. The third kappa shape index (κ3) is 7.73. The van der Waals surface area contributed by atoms with Gasteiger partial charge in [-0.05, 0) is 39.2 Å². The van der Waals surface area contributed by atoms with E-state index < -0.39 is 0 Å². The third-order valence-electron chi connectivity index (χ3n) is 5.48. The van der Waals surface area contributed by atoms with Crippen molar-refractivity contribution in [1.29, 1.82) is 0 Å². The van der Waals surface area contributed by atoms with E-state index in [4.69, 9.17) is 9.26 Å². The summed E-state index contributed by atoms with van der Waals surface area (Å²) in [4.78, 5) is 11.3. The van der Waals surface area contributed by atoms with Crippen LogP contribution in [0.1, 0.15) is 57.0 Å². The van der Waals surface area contributed by atoms with E-state index in [2.05, 4.69) is 67.9 Å². The number of aliphatic imine (C=N–C) groups is 1. The molecule has 0 aliphatic carbocycles. The van der Waals surface area contributed by atoms with Gasteiger partial charge in [0.2, 0.25) is 5.89 Å². The van der Waals surface area contributed by atoms with Crippen LogP contribution in [0.3, 0.4) is 0 Å². The summed E-state index contributed by atoms with van der Waals surface area (Å²) in [6, 6.07) is 11.6. The monoisotopic (exact) mass is 542 g/mol. The molecule has 2 N–H and O–H groups in total. The lowest BCUT2D eigenvalue weighted by molar-refractivity contribution is 0.0683. The van der Waals surface area contributed by atoms with Crippen molar-refractivity contribution in [2.45, 2.75) is 64.9 Å². The molecule has 3 unspecified atom stereocenters. The van der Waals surface area contributed by atoms with E-state index >= 15 is 0 Å². The number of rotatable bonds is 8. The summed E-state index contributed by atoms with van der Waals surface area (Å²) in [5, 5.41) is 10.8. The molecule has 0 radical (unpaired) electrons. The number of hydrogen-bond acceptors (Lipinski definition) is 6. The molecule has 9 heteroatoms. The molecule has 0 amide bonds. The maximum Gasteiger partial charge on any atom is 0.246 e. The Bertz CT molecular complexity index is 800. The van der Waals surface area contributed by atoms with Crippen molar-refractivity contribution in [2.75, 3.05) is 20.2 Å². The van der Waals surface area contributed by atoms with Gasteiger partial charge in [-0.1, -0.05) is 35.5 Å². The molecular formula is C22H35IN6O2. The van der Waals surface area contributed by atoms with E-state index in [9.17, 15) is 0 Å². The Balaban J connectivity index is 0.00000341. The lowest BCUT2D eigenvalue weighted by Gasteiger charge is -2.38. The number of aromatic nitrogens is 2. The first-order chi connectivity index (χ1) is 14.6. The van der Waals surface area contributed by atoms with Gasteiger partial charge in [-0.2, -0.15) is 4.98 Å². The Morgan fingerprint density at radius 1 is 1.35 bits per heavy atom. The first-order valence-corrected chi connectivity index (χ1v) is 10.8. The molecule has 2 heterocycles. The van der Waals surface area contributed by atoms with Crippen LogP contribution in [0.15, 0.2) is 39.8 Å². The van der Waals surface area contributed by atoms with E-state index in [0.717, 1.165) is 31.9 Å². The maximum absolute atomic E-state index is 5.50. The van der Waals surface area contributed by atoms with Crippen molar-refractivity contribution in [2.24, 2.45) is 4.99 Å². The van der Waals surface area contributed by atoms with Gasteiger partial charge < -0.3 is 19.9 Å². The van der Waals surface area contributed by atoms with E-state index in [-0.39, 0.29) is 30.1 Å². The summed E-state index contributed by atoms with van der Waals surface area (Å²) in [6.07, 6.45) is 1.98. The zero-order valence-corrected chi connectivity index (χ0v) is 21.2. The first-order valence-electron chi connectivity index (χ1n) is 10.8. The molecule has 0 spiro atoms. The van der Waals surface area contributed by atoms with E-state index in [1.54, 1.807) is 7.05 Å². The molecular weight excluding hydrogens is 507 g/mol. The van der Waals surface area contributed by atoms with Gasteiger partial charge in [-0.3, -0.25) is 9.89 Å². The first kappa shape index (κ1) is 25.5. The molecule has 3 atom stereocenters. The van der Waals surface area contributed by atoms with Gasteiger partial charge >= 0.3 is 0 Å². The lowest BCUT2D eigenvalue weighted by atomic mass is 9.97. The minimum Gasteiger partial charge on any atom is -0.371 e. The van der Waals surface area contributed by atoms with Gasteiger partial charge in [-0.15, -0.1) is 24.0 Å². The molecule has 1 fully saturated rings. The predicted molar refractivity (Wildman–Crippen MR) is 132 cm³/mol. The van der Waals surface area contributed by atoms with E-state index in [0.29, 0.717) is 37.0 Å². The van der Waals surface area contributed by atoms with Crippen LogP contribution in [0.5, 0.6) is 0 Å². The van der Waals surface area contributed by atoms with Crippen LogP contribution in [-0.2, 0) is 17.8 Å². The van der Waals surface area contributed by atoms with Gasteiger partial charge in [0.15, 0.2) is 11.8 Å². The highest BCUT2D eigenvalue weighted by atomic mass is 127. The Hall–Kier alpha value is -1.72. The predicted octanol–water partition coefficient (Wildman–Crippen LogP) is 3.50.